The van der Waals surface area contributed by atoms with Crippen LogP contribution in [0, 0.1) is 6.92 Å². The fraction of sp³-hybridized carbons (Fsp3) is 0.259. The molecule has 1 aromatic heterocycles. The Bertz CT molecular complexity index is 1250. The Kier molecular flexibility index (Phi) is 6.93. The van der Waals surface area contributed by atoms with Gasteiger partial charge in [0.05, 0.1) is 31.5 Å². The summed E-state index contributed by atoms with van der Waals surface area (Å²) in [5.41, 5.74) is 4.87. The highest BCUT2D eigenvalue weighted by atomic mass is 16.5. The van der Waals surface area contributed by atoms with E-state index in [0.29, 0.717) is 43.4 Å². The molecular formula is C27H29N3O3. The Labute approximate surface area is 194 Å². The molecule has 170 valence electrons. The molecule has 0 fully saturated rings. The maximum Gasteiger partial charge on any atom is 0.251 e. The van der Waals surface area contributed by atoms with Gasteiger partial charge in [-0.25, -0.2) is 0 Å². The zero-order valence-electron chi connectivity index (χ0n) is 19.3. The molecule has 0 saturated carbocycles. The smallest absolute Gasteiger partial charge is 0.251 e. The van der Waals surface area contributed by atoms with Gasteiger partial charge in [0.2, 0.25) is 0 Å². The average Bonchev–Trinajstić information content (AvgIpc) is 3.22. The first-order chi connectivity index (χ1) is 16.1. The van der Waals surface area contributed by atoms with E-state index in [1.54, 1.807) is 0 Å². The fourth-order valence-electron chi connectivity index (χ4n) is 3.69. The zero-order valence-corrected chi connectivity index (χ0v) is 19.3. The lowest BCUT2D eigenvalue weighted by atomic mass is 10.1. The molecule has 33 heavy (non-hydrogen) atoms. The van der Waals surface area contributed by atoms with Crippen LogP contribution in [0.5, 0.6) is 11.5 Å². The molecule has 0 spiro atoms. The van der Waals surface area contributed by atoms with Crippen LogP contribution in [0.4, 0.5) is 0 Å². The van der Waals surface area contributed by atoms with Gasteiger partial charge in [-0.15, -0.1) is 0 Å². The Balaban J connectivity index is 1.48. The summed E-state index contributed by atoms with van der Waals surface area (Å²) in [4.78, 5) is 12.9. The molecule has 6 nitrogen and oxygen atoms in total. The highest BCUT2D eigenvalue weighted by Crippen LogP contribution is 2.28. The van der Waals surface area contributed by atoms with Crippen molar-refractivity contribution in [2.24, 2.45) is 0 Å². The lowest BCUT2D eigenvalue weighted by molar-refractivity contribution is 0.0951. The molecule has 0 atom stereocenters. The number of aryl methyl sites for hydroxylation is 1. The molecule has 0 unspecified atom stereocenters. The maximum absolute atomic E-state index is 12.9. The van der Waals surface area contributed by atoms with Crippen LogP contribution in [0.15, 0.2) is 66.9 Å². The number of nitrogens with one attached hydrogen (secondary N) is 1. The highest BCUT2D eigenvalue weighted by molar-refractivity contribution is 5.97. The van der Waals surface area contributed by atoms with Crippen molar-refractivity contribution in [1.29, 1.82) is 0 Å². The average molecular weight is 444 g/mol. The number of amides is 1. The van der Waals surface area contributed by atoms with Crippen molar-refractivity contribution in [3.05, 3.63) is 89.1 Å². The van der Waals surface area contributed by atoms with E-state index in [9.17, 15) is 4.79 Å². The Hall–Kier alpha value is -3.80. The summed E-state index contributed by atoms with van der Waals surface area (Å²) >= 11 is 0. The number of carbonyl (C=O) groups is 1. The SMILES string of the molecule is CCOc1ccc(CNC(=O)c2ccc3cnn(Cc4ccc(C)cc4)c3c2)cc1OCC. The van der Waals surface area contributed by atoms with Crippen LogP contribution in [-0.2, 0) is 13.1 Å². The molecule has 3 aromatic carbocycles. The molecule has 0 radical (unpaired) electrons. The summed E-state index contributed by atoms with van der Waals surface area (Å²) in [5, 5.41) is 8.53. The topological polar surface area (TPSA) is 65.4 Å². The number of ether oxygens (including phenoxy) is 2. The number of nitrogens with zero attached hydrogens (tertiary/aromatic N) is 2. The number of fused-ring (bicyclic) bond motifs is 1. The van der Waals surface area contributed by atoms with Crippen molar-refractivity contribution < 1.29 is 14.3 Å². The third kappa shape index (κ3) is 5.34. The Morgan fingerprint density at radius 2 is 1.64 bits per heavy atom. The van der Waals surface area contributed by atoms with Gasteiger partial charge in [-0.3, -0.25) is 9.48 Å². The van der Waals surface area contributed by atoms with Gasteiger partial charge < -0.3 is 14.8 Å². The lowest BCUT2D eigenvalue weighted by Crippen LogP contribution is -2.22. The minimum atomic E-state index is -0.133. The summed E-state index contributed by atoms with van der Waals surface area (Å²) in [6.07, 6.45) is 1.83. The summed E-state index contributed by atoms with van der Waals surface area (Å²) in [6.45, 7) is 8.11. The van der Waals surface area contributed by atoms with Crippen molar-refractivity contribution >= 4 is 16.8 Å². The summed E-state index contributed by atoms with van der Waals surface area (Å²) in [6, 6.07) is 19.8. The summed E-state index contributed by atoms with van der Waals surface area (Å²) in [7, 11) is 0. The number of rotatable bonds is 9. The second kappa shape index (κ2) is 10.2. The first-order valence-electron chi connectivity index (χ1n) is 11.2. The normalized spacial score (nSPS) is 10.9. The van der Waals surface area contributed by atoms with Gasteiger partial charge in [0, 0.05) is 17.5 Å². The van der Waals surface area contributed by atoms with Crippen LogP contribution in [0.3, 0.4) is 0 Å². The van der Waals surface area contributed by atoms with E-state index in [1.165, 1.54) is 11.1 Å². The predicted molar refractivity (Wildman–Crippen MR) is 130 cm³/mol. The number of hydrogen-bond acceptors (Lipinski definition) is 4. The van der Waals surface area contributed by atoms with Crippen molar-refractivity contribution in [1.82, 2.24) is 15.1 Å². The largest absolute Gasteiger partial charge is 0.490 e. The van der Waals surface area contributed by atoms with Gasteiger partial charge in [0.25, 0.3) is 5.91 Å². The Morgan fingerprint density at radius 1 is 0.909 bits per heavy atom. The molecule has 0 bridgehead atoms. The number of carbonyl (C=O) groups excluding carboxylic acids is 1. The molecular weight excluding hydrogens is 414 g/mol. The molecule has 1 N–H and O–H groups in total. The first kappa shape index (κ1) is 22.4. The Morgan fingerprint density at radius 3 is 2.39 bits per heavy atom. The van der Waals surface area contributed by atoms with Crippen LogP contribution in [-0.4, -0.2) is 28.9 Å². The lowest BCUT2D eigenvalue weighted by Gasteiger charge is -2.13. The monoisotopic (exact) mass is 443 g/mol. The predicted octanol–water partition coefficient (Wildman–Crippen LogP) is 5.12. The molecule has 0 aliphatic carbocycles. The fourth-order valence-corrected chi connectivity index (χ4v) is 3.69. The van der Waals surface area contributed by atoms with Gasteiger partial charge >= 0.3 is 0 Å². The molecule has 4 aromatic rings. The van der Waals surface area contributed by atoms with Crippen LogP contribution in [0.1, 0.15) is 40.9 Å². The van der Waals surface area contributed by atoms with Crippen molar-refractivity contribution in [3.8, 4) is 11.5 Å². The second-order valence-electron chi connectivity index (χ2n) is 7.89. The van der Waals surface area contributed by atoms with Crippen molar-refractivity contribution in [3.63, 3.8) is 0 Å². The van der Waals surface area contributed by atoms with Crippen LogP contribution < -0.4 is 14.8 Å². The van der Waals surface area contributed by atoms with E-state index in [0.717, 1.165) is 16.5 Å². The van der Waals surface area contributed by atoms with Crippen LogP contribution >= 0.6 is 0 Å². The van der Waals surface area contributed by atoms with Crippen LogP contribution in [0.2, 0.25) is 0 Å². The van der Waals surface area contributed by atoms with Crippen molar-refractivity contribution in [2.75, 3.05) is 13.2 Å². The third-order valence-electron chi connectivity index (χ3n) is 5.42. The molecule has 0 saturated heterocycles. The van der Waals surface area contributed by atoms with Gasteiger partial charge in [0.15, 0.2) is 11.5 Å². The molecule has 0 aliphatic heterocycles. The third-order valence-corrected chi connectivity index (χ3v) is 5.42. The molecule has 0 aliphatic rings. The molecule has 6 heteroatoms. The van der Waals surface area contributed by atoms with E-state index in [2.05, 4.69) is 41.6 Å². The van der Waals surface area contributed by atoms with Gasteiger partial charge in [0.1, 0.15) is 0 Å². The van der Waals surface area contributed by atoms with Gasteiger partial charge in [-0.05, 0) is 56.2 Å². The second-order valence-corrected chi connectivity index (χ2v) is 7.89. The van der Waals surface area contributed by atoms with E-state index in [1.807, 2.05) is 61.1 Å². The maximum atomic E-state index is 12.9. The highest BCUT2D eigenvalue weighted by Gasteiger charge is 2.11. The van der Waals surface area contributed by atoms with Gasteiger partial charge in [-0.2, -0.15) is 5.10 Å². The zero-order chi connectivity index (χ0) is 23.2. The van der Waals surface area contributed by atoms with Crippen LogP contribution in [0.25, 0.3) is 10.9 Å². The number of aromatic nitrogens is 2. The van der Waals surface area contributed by atoms with Gasteiger partial charge in [-0.1, -0.05) is 42.0 Å². The minimum Gasteiger partial charge on any atom is -0.490 e. The standard InChI is InChI=1S/C27H29N3O3/c1-4-32-25-13-10-21(14-26(25)33-5-2)16-28-27(31)22-11-12-23-17-29-30(24(23)15-22)18-20-8-6-19(3)7-9-20/h6-15,17H,4-5,16,18H2,1-3H3,(H,28,31). The van der Waals surface area contributed by atoms with E-state index in [-0.39, 0.29) is 5.91 Å². The first-order valence-corrected chi connectivity index (χ1v) is 11.2. The molecule has 4 rings (SSSR count). The summed E-state index contributed by atoms with van der Waals surface area (Å²) < 4.78 is 13.2. The van der Waals surface area contributed by atoms with Crippen molar-refractivity contribution in [2.45, 2.75) is 33.9 Å². The van der Waals surface area contributed by atoms with E-state index in [4.69, 9.17) is 9.47 Å². The number of hydrogen-bond donors (Lipinski definition) is 1. The van der Waals surface area contributed by atoms with E-state index >= 15 is 0 Å². The van der Waals surface area contributed by atoms with E-state index < -0.39 is 0 Å². The molecule has 1 heterocycles. The molecule has 1 amide bonds. The summed E-state index contributed by atoms with van der Waals surface area (Å²) in [5.74, 6) is 1.26. The number of benzene rings is 3. The minimum absolute atomic E-state index is 0.133. The quantitative estimate of drug-likeness (QED) is 0.390.